The standard InChI is InChI=1S/C15H21N3O2S.ClH/c1-11-17-14-8-13(2-3-15(14)21-11)20-10-12(19)9-18-6-4-16-5-7-18;/h2-3,8,12,16,19H,4-7,9-10H2,1H3;1H/t12-;/m0./s1. The first-order valence-electron chi connectivity index (χ1n) is 7.32. The first kappa shape index (κ1) is 17.4. The average molecular weight is 344 g/mol. The number of aryl methyl sites for hydroxylation is 1. The Kier molecular flexibility index (Phi) is 6.40. The van der Waals surface area contributed by atoms with Gasteiger partial charge in [0.1, 0.15) is 18.5 Å². The van der Waals surface area contributed by atoms with E-state index in [-0.39, 0.29) is 12.4 Å². The van der Waals surface area contributed by atoms with Crippen LogP contribution < -0.4 is 10.1 Å². The molecule has 0 aliphatic carbocycles. The largest absolute Gasteiger partial charge is 0.491 e. The molecule has 0 bridgehead atoms. The summed E-state index contributed by atoms with van der Waals surface area (Å²) in [5.74, 6) is 0.771. The summed E-state index contributed by atoms with van der Waals surface area (Å²) < 4.78 is 6.87. The number of aliphatic hydroxyl groups excluding tert-OH is 1. The number of aliphatic hydroxyl groups is 1. The van der Waals surface area contributed by atoms with E-state index in [1.165, 1.54) is 4.70 Å². The second kappa shape index (κ2) is 8.08. The van der Waals surface area contributed by atoms with E-state index in [9.17, 15) is 5.11 Å². The number of piperazine rings is 1. The maximum absolute atomic E-state index is 10.1. The number of thiazole rings is 1. The average Bonchev–Trinajstić information content (AvgIpc) is 2.85. The molecule has 1 aliphatic rings. The highest BCUT2D eigenvalue weighted by Gasteiger charge is 2.14. The van der Waals surface area contributed by atoms with Crippen LogP contribution >= 0.6 is 23.7 Å². The minimum Gasteiger partial charge on any atom is -0.491 e. The third-order valence-corrected chi connectivity index (χ3v) is 4.54. The van der Waals surface area contributed by atoms with Crippen LogP contribution in [0.25, 0.3) is 10.2 Å². The third-order valence-electron chi connectivity index (χ3n) is 3.59. The van der Waals surface area contributed by atoms with Crippen LogP contribution in [0, 0.1) is 6.92 Å². The van der Waals surface area contributed by atoms with E-state index in [1.807, 2.05) is 25.1 Å². The quantitative estimate of drug-likeness (QED) is 0.865. The number of halogens is 1. The van der Waals surface area contributed by atoms with Gasteiger partial charge in [0.25, 0.3) is 0 Å². The van der Waals surface area contributed by atoms with Crippen LogP contribution in [-0.4, -0.2) is 60.4 Å². The molecular weight excluding hydrogens is 322 g/mol. The van der Waals surface area contributed by atoms with Crippen molar-refractivity contribution in [2.45, 2.75) is 13.0 Å². The molecule has 5 nitrogen and oxygen atoms in total. The summed E-state index contributed by atoms with van der Waals surface area (Å²) >= 11 is 1.68. The molecule has 1 atom stereocenters. The van der Waals surface area contributed by atoms with E-state index in [0.717, 1.165) is 42.5 Å². The van der Waals surface area contributed by atoms with Gasteiger partial charge in [-0.2, -0.15) is 0 Å². The summed E-state index contributed by atoms with van der Waals surface area (Å²) in [5.41, 5.74) is 0.964. The third kappa shape index (κ3) is 4.54. The number of β-amino-alcohol motifs (C(OH)–C–C–N with tert-alkyl or cyclic N) is 1. The molecular formula is C15H22ClN3O2S. The lowest BCUT2D eigenvalue weighted by Gasteiger charge is -2.28. The van der Waals surface area contributed by atoms with Gasteiger partial charge in [-0.15, -0.1) is 23.7 Å². The van der Waals surface area contributed by atoms with Crippen LogP contribution in [-0.2, 0) is 0 Å². The van der Waals surface area contributed by atoms with Gasteiger partial charge in [-0.05, 0) is 19.1 Å². The van der Waals surface area contributed by atoms with Crippen molar-refractivity contribution in [1.29, 1.82) is 0 Å². The van der Waals surface area contributed by atoms with Crippen LogP contribution in [0.15, 0.2) is 18.2 Å². The predicted molar refractivity (Wildman–Crippen MR) is 92.4 cm³/mol. The molecule has 22 heavy (non-hydrogen) atoms. The fourth-order valence-corrected chi connectivity index (χ4v) is 3.36. The summed E-state index contributed by atoms with van der Waals surface area (Å²) in [4.78, 5) is 6.72. The smallest absolute Gasteiger partial charge is 0.121 e. The summed E-state index contributed by atoms with van der Waals surface area (Å²) in [6.07, 6.45) is -0.462. The lowest BCUT2D eigenvalue weighted by atomic mass is 10.3. The molecule has 7 heteroatoms. The van der Waals surface area contributed by atoms with Gasteiger partial charge in [0.15, 0.2) is 0 Å². The van der Waals surface area contributed by atoms with Gasteiger partial charge >= 0.3 is 0 Å². The highest BCUT2D eigenvalue weighted by molar-refractivity contribution is 7.18. The van der Waals surface area contributed by atoms with Crippen molar-refractivity contribution in [3.05, 3.63) is 23.2 Å². The van der Waals surface area contributed by atoms with E-state index < -0.39 is 6.10 Å². The van der Waals surface area contributed by atoms with E-state index in [2.05, 4.69) is 15.2 Å². The molecule has 1 saturated heterocycles. The van der Waals surface area contributed by atoms with Crippen molar-refractivity contribution in [3.63, 3.8) is 0 Å². The number of hydrogen-bond acceptors (Lipinski definition) is 6. The Bertz CT molecular complexity index is 601. The molecule has 3 rings (SSSR count). The second-order valence-corrected chi connectivity index (χ2v) is 6.61. The fraction of sp³-hybridized carbons (Fsp3) is 0.533. The molecule has 1 aliphatic heterocycles. The first-order valence-corrected chi connectivity index (χ1v) is 8.13. The second-order valence-electron chi connectivity index (χ2n) is 5.38. The van der Waals surface area contributed by atoms with E-state index in [4.69, 9.17) is 4.74 Å². The monoisotopic (exact) mass is 343 g/mol. The van der Waals surface area contributed by atoms with Crippen LogP contribution in [0.3, 0.4) is 0 Å². The van der Waals surface area contributed by atoms with Crippen LogP contribution in [0.2, 0.25) is 0 Å². The molecule has 0 unspecified atom stereocenters. The predicted octanol–water partition coefficient (Wildman–Crippen LogP) is 1.67. The molecule has 2 N–H and O–H groups in total. The van der Waals surface area contributed by atoms with Gasteiger partial charge in [-0.25, -0.2) is 4.98 Å². The lowest BCUT2D eigenvalue weighted by Crippen LogP contribution is -2.47. The van der Waals surface area contributed by atoms with Gasteiger partial charge in [-0.1, -0.05) is 0 Å². The van der Waals surface area contributed by atoms with Gasteiger partial charge in [0.2, 0.25) is 0 Å². The number of fused-ring (bicyclic) bond motifs is 1. The SMILES string of the molecule is Cc1nc2cc(OC[C@@H](O)CN3CCNCC3)ccc2s1.Cl. The topological polar surface area (TPSA) is 57.6 Å². The van der Waals surface area contributed by atoms with Crippen molar-refractivity contribution in [3.8, 4) is 5.75 Å². The van der Waals surface area contributed by atoms with Gasteiger partial charge in [0.05, 0.1) is 15.2 Å². The number of aromatic nitrogens is 1. The molecule has 0 amide bonds. The lowest BCUT2D eigenvalue weighted by molar-refractivity contribution is 0.0642. The highest BCUT2D eigenvalue weighted by Crippen LogP contribution is 2.25. The van der Waals surface area contributed by atoms with Gasteiger partial charge in [0, 0.05) is 38.8 Å². The summed E-state index contributed by atoms with van der Waals surface area (Å²) in [6, 6.07) is 5.91. The Balaban J connectivity index is 0.00000176. The van der Waals surface area contributed by atoms with E-state index >= 15 is 0 Å². The number of nitrogens with zero attached hydrogens (tertiary/aromatic N) is 2. The van der Waals surface area contributed by atoms with E-state index in [1.54, 1.807) is 11.3 Å². The van der Waals surface area contributed by atoms with Crippen LogP contribution in [0.5, 0.6) is 5.75 Å². The minimum atomic E-state index is -0.462. The zero-order chi connectivity index (χ0) is 14.7. The summed E-state index contributed by atoms with van der Waals surface area (Å²) in [5, 5.41) is 14.4. The molecule has 1 fully saturated rings. The van der Waals surface area contributed by atoms with Gasteiger partial charge < -0.3 is 15.2 Å². The van der Waals surface area contributed by atoms with Crippen molar-refractivity contribution in [2.75, 3.05) is 39.3 Å². The highest BCUT2D eigenvalue weighted by atomic mass is 35.5. The van der Waals surface area contributed by atoms with Crippen molar-refractivity contribution in [1.82, 2.24) is 15.2 Å². The van der Waals surface area contributed by atoms with Crippen LogP contribution in [0.4, 0.5) is 0 Å². The Morgan fingerprint density at radius 3 is 2.95 bits per heavy atom. The molecule has 1 aromatic carbocycles. The number of benzene rings is 1. The number of rotatable bonds is 5. The molecule has 0 saturated carbocycles. The maximum atomic E-state index is 10.1. The molecule has 0 radical (unpaired) electrons. The van der Waals surface area contributed by atoms with Gasteiger partial charge in [-0.3, -0.25) is 4.90 Å². The van der Waals surface area contributed by atoms with Crippen molar-refractivity contribution >= 4 is 34.0 Å². The Morgan fingerprint density at radius 2 is 2.18 bits per heavy atom. The Hall–Kier alpha value is -0.920. The fourth-order valence-electron chi connectivity index (χ4n) is 2.55. The molecule has 122 valence electrons. The molecule has 1 aromatic heterocycles. The number of ether oxygens (including phenoxy) is 1. The summed E-state index contributed by atoms with van der Waals surface area (Å²) in [7, 11) is 0. The Morgan fingerprint density at radius 1 is 1.41 bits per heavy atom. The normalized spacial score (nSPS) is 17.2. The van der Waals surface area contributed by atoms with Crippen LogP contribution in [0.1, 0.15) is 5.01 Å². The minimum absolute atomic E-state index is 0. The Labute approximate surface area is 140 Å². The summed E-state index contributed by atoms with van der Waals surface area (Å²) in [6.45, 7) is 6.95. The number of nitrogens with one attached hydrogen (secondary N) is 1. The number of hydrogen-bond donors (Lipinski definition) is 2. The molecule has 0 spiro atoms. The van der Waals surface area contributed by atoms with E-state index in [0.29, 0.717) is 13.2 Å². The molecule has 2 heterocycles. The molecule has 2 aromatic rings. The maximum Gasteiger partial charge on any atom is 0.121 e. The first-order chi connectivity index (χ1) is 10.2. The zero-order valence-electron chi connectivity index (χ0n) is 12.6. The van der Waals surface area contributed by atoms with Crippen molar-refractivity contribution in [2.24, 2.45) is 0 Å². The zero-order valence-corrected chi connectivity index (χ0v) is 14.3. The van der Waals surface area contributed by atoms with Crippen molar-refractivity contribution < 1.29 is 9.84 Å².